The minimum Gasteiger partial charge on any atom is -0.274 e. The molecule has 0 saturated carbocycles. The average Bonchev–Trinajstić information content (AvgIpc) is 2.46. The minimum atomic E-state index is -0.906. The predicted molar refractivity (Wildman–Crippen MR) is 81.8 cm³/mol. The summed E-state index contributed by atoms with van der Waals surface area (Å²) in [5, 5.41) is -0.901. The van der Waals surface area contributed by atoms with Crippen LogP contribution in [-0.2, 0) is 9.78 Å². The molecule has 0 heterocycles. The zero-order valence-electron chi connectivity index (χ0n) is 12.8. The maximum Gasteiger partial charge on any atom is 0.457 e. The van der Waals surface area contributed by atoms with E-state index in [4.69, 9.17) is 16.5 Å². The normalized spacial score (nSPS) is 10.2. The minimum absolute atomic E-state index is 0.346. The second-order valence-corrected chi connectivity index (χ2v) is 5.24. The van der Waals surface area contributed by atoms with Gasteiger partial charge >= 0.3 is 11.5 Å². The maximum atomic E-state index is 10.9. The summed E-state index contributed by atoms with van der Waals surface area (Å²) in [6, 6.07) is 0. The van der Waals surface area contributed by atoms with Gasteiger partial charge in [0.15, 0.2) is 0 Å². The first-order chi connectivity index (χ1) is 10.2. The van der Waals surface area contributed by atoms with Gasteiger partial charge in [-0.05, 0) is 18.0 Å². The largest absolute Gasteiger partial charge is 0.457 e. The second kappa shape index (κ2) is 15.4. The van der Waals surface area contributed by atoms with Crippen LogP contribution in [0.15, 0.2) is 0 Å². The summed E-state index contributed by atoms with van der Waals surface area (Å²) < 4.78 is 0. The van der Waals surface area contributed by atoms with Crippen LogP contribution < -0.4 is 10.9 Å². The zero-order chi connectivity index (χ0) is 15.8. The first-order valence-electron chi connectivity index (χ1n) is 7.71. The van der Waals surface area contributed by atoms with E-state index >= 15 is 0 Å². The molecule has 2 N–H and O–H groups in total. The molecular weight excluding hydrogens is 296 g/mol. The molecule has 0 atom stereocenters. The second-order valence-electron chi connectivity index (χ2n) is 4.90. The van der Waals surface area contributed by atoms with Crippen molar-refractivity contribution in [3.8, 4) is 0 Å². The number of hydrogen-bond donors (Lipinski definition) is 2. The van der Waals surface area contributed by atoms with E-state index in [2.05, 4.69) is 11.8 Å². The number of amides is 2. The first kappa shape index (κ1) is 20.0. The van der Waals surface area contributed by atoms with Gasteiger partial charge in [0, 0.05) is 0 Å². The van der Waals surface area contributed by atoms with Crippen molar-refractivity contribution in [1.82, 2.24) is 10.9 Å². The summed E-state index contributed by atoms with van der Waals surface area (Å²) in [6.45, 7) is 2.57. The summed E-state index contributed by atoms with van der Waals surface area (Å²) in [7, 11) is 0. The van der Waals surface area contributed by atoms with Crippen molar-refractivity contribution in [3.05, 3.63) is 0 Å². The van der Waals surface area contributed by atoms with Crippen LogP contribution in [0.3, 0.4) is 0 Å². The first-order valence-corrected chi connectivity index (χ1v) is 8.09. The standard InChI is InChI=1S/C14H27ClN2O4/c1-2-3-4-5-6-7-8-9-10-11-12-20-21-14(19)17-16-13(15)18/h2-12H2,1H3,(H,16,18)(H,17,19). The summed E-state index contributed by atoms with van der Waals surface area (Å²) in [6.07, 6.45) is 11.4. The third-order valence-electron chi connectivity index (χ3n) is 2.98. The van der Waals surface area contributed by atoms with E-state index in [9.17, 15) is 9.59 Å². The van der Waals surface area contributed by atoms with Crippen molar-refractivity contribution in [2.45, 2.75) is 71.1 Å². The summed E-state index contributed by atoms with van der Waals surface area (Å²) in [5.41, 5.74) is 3.76. The van der Waals surface area contributed by atoms with E-state index in [1.807, 2.05) is 10.9 Å². The number of hydrazine groups is 1. The molecule has 0 aliphatic rings. The SMILES string of the molecule is CCCCCCCCCCCCOOC(=O)NNC(=O)Cl. The highest BCUT2D eigenvalue weighted by Crippen LogP contribution is 2.10. The number of carbonyl (C=O) groups excluding carboxylic acids is 2. The number of nitrogens with one attached hydrogen (secondary N) is 2. The van der Waals surface area contributed by atoms with Crippen LogP contribution in [0.25, 0.3) is 0 Å². The third kappa shape index (κ3) is 16.9. The van der Waals surface area contributed by atoms with Gasteiger partial charge in [0.25, 0.3) is 0 Å². The van der Waals surface area contributed by atoms with Gasteiger partial charge in [-0.25, -0.2) is 10.2 Å². The van der Waals surface area contributed by atoms with Crippen molar-refractivity contribution in [2.24, 2.45) is 0 Å². The van der Waals surface area contributed by atoms with Crippen molar-refractivity contribution in [2.75, 3.05) is 6.61 Å². The van der Waals surface area contributed by atoms with Crippen LogP contribution in [0.5, 0.6) is 0 Å². The Morgan fingerprint density at radius 2 is 1.38 bits per heavy atom. The molecule has 0 radical (unpaired) electrons. The van der Waals surface area contributed by atoms with Crippen molar-refractivity contribution in [1.29, 1.82) is 0 Å². The summed E-state index contributed by atoms with van der Waals surface area (Å²) in [5.74, 6) is 0. The molecule has 0 aliphatic carbocycles. The zero-order valence-corrected chi connectivity index (χ0v) is 13.5. The Kier molecular flexibility index (Phi) is 14.6. The lowest BCUT2D eigenvalue weighted by molar-refractivity contribution is -0.239. The molecule has 7 heteroatoms. The molecule has 0 fully saturated rings. The lowest BCUT2D eigenvalue weighted by Crippen LogP contribution is -2.39. The lowest BCUT2D eigenvalue weighted by Gasteiger charge is -2.05. The van der Waals surface area contributed by atoms with Gasteiger partial charge < -0.3 is 0 Å². The Hall–Kier alpha value is -1.01. The Labute approximate surface area is 131 Å². The number of halogens is 1. The summed E-state index contributed by atoms with van der Waals surface area (Å²) in [4.78, 5) is 30.2. The average molecular weight is 323 g/mol. The van der Waals surface area contributed by atoms with Gasteiger partial charge in [-0.1, -0.05) is 64.7 Å². The fraction of sp³-hybridized carbons (Fsp3) is 0.857. The molecule has 0 aliphatic heterocycles. The van der Waals surface area contributed by atoms with Gasteiger partial charge in [-0.2, -0.15) is 4.89 Å². The molecule has 124 valence electrons. The molecule has 0 aromatic rings. The Bertz CT molecular complexity index is 278. The monoisotopic (exact) mass is 322 g/mol. The smallest absolute Gasteiger partial charge is 0.274 e. The molecule has 0 aromatic carbocycles. The highest BCUT2D eigenvalue weighted by Gasteiger charge is 2.03. The molecule has 0 saturated heterocycles. The molecular formula is C14H27ClN2O4. The summed E-state index contributed by atoms with van der Waals surface area (Å²) >= 11 is 4.94. The van der Waals surface area contributed by atoms with Gasteiger partial charge in [-0.3, -0.25) is 15.1 Å². The number of unbranched alkanes of at least 4 members (excludes halogenated alkanes) is 9. The maximum absolute atomic E-state index is 10.9. The fourth-order valence-electron chi connectivity index (χ4n) is 1.86. The van der Waals surface area contributed by atoms with Crippen molar-refractivity contribution < 1.29 is 19.4 Å². The van der Waals surface area contributed by atoms with E-state index < -0.39 is 11.5 Å². The molecule has 6 nitrogen and oxygen atoms in total. The molecule has 0 unspecified atom stereocenters. The van der Waals surface area contributed by atoms with Gasteiger partial charge in [0.05, 0.1) is 6.61 Å². The van der Waals surface area contributed by atoms with E-state index in [0.717, 1.165) is 12.8 Å². The Morgan fingerprint density at radius 1 is 0.857 bits per heavy atom. The lowest BCUT2D eigenvalue weighted by atomic mass is 10.1. The van der Waals surface area contributed by atoms with Crippen LogP contribution in [-0.4, -0.2) is 18.1 Å². The molecule has 0 aromatic heterocycles. The quantitative estimate of drug-likeness (QED) is 0.183. The van der Waals surface area contributed by atoms with E-state index in [-0.39, 0.29) is 0 Å². The van der Waals surface area contributed by atoms with Crippen LogP contribution in [0.1, 0.15) is 71.1 Å². The third-order valence-corrected chi connectivity index (χ3v) is 3.07. The highest BCUT2D eigenvalue weighted by atomic mass is 35.5. The van der Waals surface area contributed by atoms with Gasteiger partial charge in [0.1, 0.15) is 0 Å². The van der Waals surface area contributed by atoms with Gasteiger partial charge in [-0.15, -0.1) is 0 Å². The number of hydrogen-bond acceptors (Lipinski definition) is 4. The topological polar surface area (TPSA) is 76.7 Å². The predicted octanol–water partition coefficient (Wildman–Crippen LogP) is 4.43. The van der Waals surface area contributed by atoms with E-state index in [1.54, 1.807) is 0 Å². The van der Waals surface area contributed by atoms with Crippen molar-refractivity contribution >= 4 is 23.1 Å². The number of rotatable bonds is 12. The van der Waals surface area contributed by atoms with E-state index in [1.165, 1.54) is 51.4 Å². The Balaban J connectivity index is 3.12. The Morgan fingerprint density at radius 3 is 1.90 bits per heavy atom. The highest BCUT2D eigenvalue weighted by molar-refractivity contribution is 6.62. The molecule has 2 amide bonds. The number of carbonyl (C=O) groups is 2. The van der Waals surface area contributed by atoms with Crippen molar-refractivity contribution in [3.63, 3.8) is 0 Å². The fourth-order valence-corrected chi connectivity index (χ4v) is 1.91. The molecule has 0 spiro atoms. The van der Waals surface area contributed by atoms with Crippen LogP contribution in [0.2, 0.25) is 0 Å². The molecule has 0 rings (SSSR count). The van der Waals surface area contributed by atoms with Crippen LogP contribution in [0.4, 0.5) is 9.59 Å². The molecule has 0 bridgehead atoms. The van der Waals surface area contributed by atoms with Crippen LogP contribution in [0, 0.1) is 0 Å². The molecule has 21 heavy (non-hydrogen) atoms. The van der Waals surface area contributed by atoms with E-state index in [0.29, 0.717) is 6.61 Å². The van der Waals surface area contributed by atoms with Crippen LogP contribution >= 0.6 is 11.6 Å². The van der Waals surface area contributed by atoms with Gasteiger partial charge in [0.2, 0.25) is 0 Å².